The largest absolute Gasteiger partial charge is 0.338 e. The van der Waals surface area contributed by atoms with Crippen LogP contribution in [0.25, 0.3) is 0 Å². The lowest BCUT2D eigenvalue weighted by Gasteiger charge is -2.35. The van der Waals surface area contributed by atoms with E-state index in [1.54, 1.807) is 0 Å². The predicted octanol–water partition coefficient (Wildman–Crippen LogP) is 2.41. The Balaban J connectivity index is 2.47. The van der Waals surface area contributed by atoms with Crippen molar-refractivity contribution in [1.29, 1.82) is 0 Å². The standard InChI is InChI=1S/C14H28N2O/c1-4-10-16(13-6-5-9-15-11-13)14(17)8-7-12(2)3/h12-13,15H,4-11H2,1-3H3. The highest BCUT2D eigenvalue weighted by molar-refractivity contribution is 5.76. The molecule has 1 aliphatic heterocycles. The second-order valence-corrected chi connectivity index (χ2v) is 5.52. The fourth-order valence-corrected chi connectivity index (χ4v) is 2.41. The van der Waals surface area contributed by atoms with Crippen LogP contribution in [0.3, 0.4) is 0 Å². The average Bonchev–Trinajstić information content (AvgIpc) is 2.34. The van der Waals surface area contributed by atoms with Crippen LogP contribution < -0.4 is 5.32 Å². The molecule has 1 atom stereocenters. The zero-order valence-corrected chi connectivity index (χ0v) is 11.7. The second-order valence-electron chi connectivity index (χ2n) is 5.52. The molecule has 0 aliphatic carbocycles. The SMILES string of the molecule is CCCN(C(=O)CCC(C)C)C1CCCNC1. The molecule has 0 aromatic heterocycles. The zero-order valence-electron chi connectivity index (χ0n) is 11.7. The first kappa shape index (κ1) is 14.5. The van der Waals surface area contributed by atoms with E-state index in [9.17, 15) is 4.79 Å². The minimum Gasteiger partial charge on any atom is -0.338 e. The van der Waals surface area contributed by atoms with E-state index in [-0.39, 0.29) is 0 Å². The molecule has 1 unspecified atom stereocenters. The maximum Gasteiger partial charge on any atom is 0.222 e. The van der Waals surface area contributed by atoms with E-state index in [4.69, 9.17) is 0 Å². The summed E-state index contributed by atoms with van der Waals surface area (Å²) in [5, 5.41) is 3.40. The lowest BCUT2D eigenvalue weighted by molar-refractivity contribution is -0.134. The molecule has 0 aromatic carbocycles. The molecule has 0 spiro atoms. The molecule has 0 aromatic rings. The molecular weight excluding hydrogens is 212 g/mol. The number of hydrogen-bond donors (Lipinski definition) is 1. The van der Waals surface area contributed by atoms with Gasteiger partial charge in [-0.2, -0.15) is 0 Å². The number of carbonyl (C=O) groups excluding carboxylic acids is 1. The van der Waals surface area contributed by atoms with Crippen LogP contribution >= 0.6 is 0 Å². The summed E-state index contributed by atoms with van der Waals surface area (Å²) in [5.74, 6) is 0.973. The van der Waals surface area contributed by atoms with Crippen LogP contribution in [0.2, 0.25) is 0 Å². The normalized spacial score (nSPS) is 20.6. The summed E-state index contributed by atoms with van der Waals surface area (Å²) in [6.45, 7) is 9.52. The minimum atomic E-state index is 0.356. The lowest BCUT2D eigenvalue weighted by Crippen LogP contribution is -2.49. The summed E-state index contributed by atoms with van der Waals surface area (Å²) in [6.07, 6.45) is 5.15. The third kappa shape index (κ3) is 5.07. The van der Waals surface area contributed by atoms with E-state index in [0.29, 0.717) is 24.3 Å². The van der Waals surface area contributed by atoms with Crippen LogP contribution in [0.5, 0.6) is 0 Å². The Morgan fingerprint density at radius 1 is 1.47 bits per heavy atom. The van der Waals surface area contributed by atoms with Gasteiger partial charge < -0.3 is 10.2 Å². The highest BCUT2D eigenvalue weighted by Gasteiger charge is 2.24. The number of amides is 1. The number of piperidine rings is 1. The first-order chi connectivity index (χ1) is 8.15. The molecule has 1 rings (SSSR count). The Kier molecular flexibility index (Phi) is 6.56. The van der Waals surface area contributed by atoms with Gasteiger partial charge in [0.1, 0.15) is 0 Å². The molecule has 1 amide bonds. The van der Waals surface area contributed by atoms with Crippen molar-refractivity contribution in [3.63, 3.8) is 0 Å². The van der Waals surface area contributed by atoms with E-state index in [2.05, 4.69) is 31.0 Å². The molecule has 3 nitrogen and oxygen atoms in total. The third-order valence-corrected chi connectivity index (χ3v) is 3.43. The summed E-state index contributed by atoms with van der Waals surface area (Å²) in [5.41, 5.74) is 0. The van der Waals surface area contributed by atoms with Crippen LogP contribution in [0.15, 0.2) is 0 Å². The third-order valence-electron chi connectivity index (χ3n) is 3.43. The lowest BCUT2D eigenvalue weighted by atomic mass is 10.0. The number of nitrogens with one attached hydrogen (secondary N) is 1. The molecule has 1 N–H and O–H groups in total. The Morgan fingerprint density at radius 3 is 2.76 bits per heavy atom. The zero-order chi connectivity index (χ0) is 12.7. The van der Waals surface area contributed by atoms with E-state index in [0.717, 1.165) is 32.5 Å². The van der Waals surface area contributed by atoms with E-state index < -0.39 is 0 Å². The maximum atomic E-state index is 12.2. The number of rotatable bonds is 6. The van der Waals surface area contributed by atoms with Gasteiger partial charge in [-0.3, -0.25) is 4.79 Å². The first-order valence-corrected chi connectivity index (χ1v) is 7.15. The second kappa shape index (κ2) is 7.70. The predicted molar refractivity (Wildman–Crippen MR) is 72.0 cm³/mol. The quantitative estimate of drug-likeness (QED) is 0.773. The Morgan fingerprint density at radius 2 is 2.24 bits per heavy atom. The topological polar surface area (TPSA) is 32.3 Å². The average molecular weight is 240 g/mol. The molecule has 0 radical (unpaired) electrons. The van der Waals surface area contributed by atoms with Crippen molar-refractivity contribution in [3.8, 4) is 0 Å². The smallest absolute Gasteiger partial charge is 0.222 e. The maximum absolute atomic E-state index is 12.2. The van der Waals surface area contributed by atoms with Gasteiger partial charge in [-0.05, 0) is 38.1 Å². The van der Waals surface area contributed by atoms with Gasteiger partial charge in [-0.25, -0.2) is 0 Å². The number of nitrogens with zero attached hydrogens (tertiary/aromatic N) is 1. The Hall–Kier alpha value is -0.570. The van der Waals surface area contributed by atoms with E-state index in [1.807, 2.05) is 0 Å². The van der Waals surface area contributed by atoms with Crippen molar-refractivity contribution >= 4 is 5.91 Å². The highest BCUT2D eigenvalue weighted by Crippen LogP contribution is 2.14. The summed E-state index contributed by atoms with van der Waals surface area (Å²) in [6, 6.07) is 0.434. The molecule has 3 heteroatoms. The number of hydrogen-bond acceptors (Lipinski definition) is 2. The van der Waals surface area contributed by atoms with Gasteiger partial charge in [0.2, 0.25) is 5.91 Å². The van der Waals surface area contributed by atoms with Gasteiger partial charge in [-0.15, -0.1) is 0 Å². The van der Waals surface area contributed by atoms with Crippen molar-refractivity contribution in [2.75, 3.05) is 19.6 Å². The highest BCUT2D eigenvalue weighted by atomic mass is 16.2. The fraction of sp³-hybridized carbons (Fsp3) is 0.929. The molecule has 1 heterocycles. The monoisotopic (exact) mass is 240 g/mol. The van der Waals surface area contributed by atoms with Crippen molar-refractivity contribution in [2.24, 2.45) is 5.92 Å². The van der Waals surface area contributed by atoms with Crippen LogP contribution in [-0.4, -0.2) is 36.5 Å². The molecule has 0 bridgehead atoms. The molecular formula is C14H28N2O. The van der Waals surface area contributed by atoms with Gasteiger partial charge in [0.05, 0.1) is 0 Å². The van der Waals surface area contributed by atoms with Gasteiger partial charge in [0.25, 0.3) is 0 Å². The molecule has 1 fully saturated rings. The summed E-state index contributed by atoms with van der Waals surface area (Å²) < 4.78 is 0. The molecule has 1 saturated heterocycles. The van der Waals surface area contributed by atoms with Crippen LogP contribution in [0.1, 0.15) is 52.9 Å². The minimum absolute atomic E-state index is 0.356. The molecule has 17 heavy (non-hydrogen) atoms. The van der Waals surface area contributed by atoms with Gasteiger partial charge >= 0.3 is 0 Å². The van der Waals surface area contributed by atoms with E-state index in [1.165, 1.54) is 12.8 Å². The van der Waals surface area contributed by atoms with Gasteiger partial charge in [-0.1, -0.05) is 20.8 Å². The summed E-state index contributed by atoms with van der Waals surface area (Å²) in [7, 11) is 0. The van der Waals surface area contributed by atoms with Gasteiger partial charge in [0, 0.05) is 25.6 Å². The number of carbonyl (C=O) groups is 1. The van der Waals surface area contributed by atoms with Crippen LogP contribution in [0.4, 0.5) is 0 Å². The summed E-state index contributed by atoms with van der Waals surface area (Å²) in [4.78, 5) is 14.4. The van der Waals surface area contributed by atoms with Crippen molar-refractivity contribution in [1.82, 2.24) is 10.2 Å². The summed E-state index contributed by atoms with van der Waals surface area (Å²) >= 11 is 0. The van der Waals surface area contributed by atoms with Crippen LogP contribution in [-0.2, 0) is 4.79 Å². The van der Waals surface area contributed by atoms with Crippen molar-refractivity contribution < 1.29 is 4.79 Å². The first-order valence-electron chi connectivity index (χ1n) is 7.15. The Bertz CT molecular complexity index is 222. The van der Waals surface area contributed by atoms with E-state index >= 15 is 0 Å². The molecule has 100 valence electrons. The van der Waals surface area contributed by atoms with Crippen molar-refractivity contribution in [3.05, 3.63) is 0 Å². The molecule has 1 aliphatic rings. The fourth-order valence-electron chi connectivity index (χ4n) is 2.41. The molecule has 0 saturated carbocycles. The van der Waals surface area contributed by atoms with Crippen molar-refractivity contribution in [2.45, 2.75) is 58.9 Å². The van der Waals surface area contributed by atoms with Crippen LogP contribution in [0, 0.1) is 5.92 Å². The van der Waals surface area contributed by atoms with Gasteiger partial charge in [0.15, 0.2) is 0 Å². The Labute approximate surface area is 106 Å².